The van der Waals surface area contributed by atoms with Gasteiger partial charge >= 0.3 is 6.08 Å². The number of hydrogen-bond donors (Lipinski definition) is 3. The highest BCUT2D eigenvalue weighted by atomic mass is 32.1. The molecule has 1 saturated heterocycles. The van der Waals surface area contributed by atoms with Crippen LogP contribution in [0.4, 0.5) is 10.2 Å². The van der Waals surface area contributed by atoms with Gasteiger partial charge in [-0.3, -0.25) is 4.57 Å². The zero-order valence-corrected chi connectivity index (χ0v) is 12.2. The maximum absolute atomic E-state index is 13.4. The van der Waals surface area contributed by atoms with Gasteiger partial charge in [-0.2, -0.15) is 27.0 Å². The molecule has 2 aromatic rings. The third-order valence-electron chi connectivity index (χ3n) is 3.61. The minimum absolute atomic E-state index is 0.0451. The fourth-order valence-corrected chi connectivity index (χ4v) is 2.95. The van der Waals surface area contributed by atoms with Crippen molar-refractivity contribution in [1.29, 1.82) is 0 Å². The Bertz CT molecular complexity index is 666. The number of aliphatic hydroxyl groups excluding tert-OH is 1. The van der Waals surface area contributed by atoms with E-state index in [2.05, 4.69) is 27.6 Å². The maximum atomic E-state index is 13.4. The van der Waals surface area contributed by atoms with Gasteiger partial charge in [0, 0.05) is 0 Å². The van der Waals surface area contributed by atoms with Crippen molar-refractivity contribution in [3.05, 3.63) is 12.4 Å². The van der Waals surface area contributed by atoms with E-state index in [4.69, 9.17) is 10.5 Å². The number of nitrogens with two attached hydrogens (primary N) is 1. The molecule has 3 heterocycles. The largest absolute Gasteiger partial charge is 0.387 e. The lowest BCUT2D eigenvalue weighted by molar-refractivity contribution is -0.0369. The Morgan fingerprint density at radius 3 is 3.00 bits per heavy atom. The van der Waals surface area contributed by atoms with Gasteiger partial charge in [0.15, 0.2) is 23.2 Å². The molecule has 1 aliphatic rings. The highest BCUT2D eigenvalue weighted by Gasteiger charge is 2.42. The number of nitrogens with zero attached hydrogens (tertiary/aromatic N) is 4. The Morgan fingerprint density at radius 2 is 2.29 bits per heavy atom. The van der Waals surface area contributed by atoms with Gasteiger partial charge in [0.2, 0.25) is 0 Å². The molecule has 3 rings (SSSR count). The number of aliphatic hydroxyl groups is 1. The second kappa shape index (κ2) is 5.39. The number of rotatable bonds is 3. The number of anilines is 1. The molecular weight excluding hydrogens is 297 g/mol. The Balaban J connectivity index is 2.01. The van der Waals surface area contributed by atoms with E-state index >= 15 is 0 Å². The molecule has 0 amide bonds. The number of nitrogen functional groups attached to an aromatic ring is 1. The molecule has 2 aromatic heterocycles. The minimum Gasteiger partial charge on any atom is -0.387 e. The first-order chi connectivity index (χ1) is 10.0. The number of halogens is 1. The van der Waals surface area contributed by atoms with E-state index in [-0.39, 0.29) is 28.3 Å². The van der Waals surface area contributed by atoms with Crippen molar-refractivity contribution in [3.8, 4) is 0 Å². The first-order valence-electron chi connectivity index (χ1n) is 6.70. The summed E-state index contributed by atoms with van der Waals surface area (Å²) in [6.45, 7) is 2.03. The van der Waals surface area contributed by atoms with E-state index in [1.165, 1.54) is 10.9 Å². The highest BCUT2D eigenvalue weighted by molar-refractivity contribution is 7.81. The number of imidazole rings is 1. The maximum Gasteiger partial charge on any atom is 0.312 e. The monoisotopic (exact) mass is 313 g/mol. The first kappa shape index (κ1) is 14.5. The van der Waals surface area contributed by atoms with Crippen LogP contribution in [0.2, 0.25) is 0 Å². The van der Waals surface area contributed by atoms with Gasteiger partial charge in [-0.05, 0) is 6.42 Å². The molecule has 0 spiro atoms. The lowest BCUT2D eigenvalue weighted by Gasteiger charge is -2.16. The number of hydrogen-bond acceptors (Lipinski definition) is 7. The lowest BCUT2D eigenvalue weighted by Crippen LogP contribution is -2.27. The number of ether oxygens (including phenoxy) is 1. The van der Waals surface area contributed by atoms with Gasteiger partial charge in [0.1, 0.15) is 6.10 Å². The molecule has 9 heteroatoms. The summed E-state index contributed by atoms with van der Waals surface area (Å²) in [7, 11) is 0. The van der Waals surface area contributed by atoms with Crippen LogP contribution in [0.3, 0.4) is 0 Å². The van der Waals surface area contributed by atoms with Gasteiger partial charge in [0.25, 0.3) is 0 Å². The lowest BCUT2D eigenvalue weighted by atomic mass is 10.1. The summed E-state index contributed by atoms with van der Waals surface area (Å²) in [4.78, 5) is 11.2. The predicted octanol–water partition coefficient (Wildman–Crippen LogP) is 0.904. The molecule has 0 radical (unpaired) electrons. The fraction of sp³-hybridized carbons (Fsp3) is 0.583. The van der Waals surface area contributed by atoms with Crippen LogP contribution in [0.25, 0.3) is 11.2 Å². The van der Waals surface area contributed by atoms with E-state index < -0.39 is 18.4 Å². The van der Waals surface area contributed by atoms with Crippen molar-refractivity contribution in [2.75, 3.05) is 5.73 Å². The van der Waals surface area contributed by atoms with Crippen LogP contribution in [0.1, 0.15) is 26.0 Å². The Kier molecular flexibility index (Phi) is 3.72. The van der Waals surface area contributed by atoms with Gasteiger partial charge in [-0.1, -0.05) is 13.3 Å². The number of fused-ring (bicyclic) bond motifs is 1. The SMILES string of the molecule is CCC[C@H]1O[C@@H](n2cnc3c(N)nc(F)nc32)[C@H](O)[C@@H]1S. The molecule has 1 fully saturated rings. The van der Waals surface area contributed by atoms with Crippen molar-refractivity contribution >= 4 is 29.6 Å². The Labute approximate surface area is 125 Å². The highest BCUT2D eigenvalue weighted by Crippen LogP contribution is 2.36. The second-order valence-electron chi connectivity index (χ2n) is 5.04. The molecule has 0 aromatic carbocycles. The molecule has 3 N–H and O–H groups in total. The van der Waals surface area contributed by atoms with E-state index in [0.717, 1.165) is 12.8 Å². The normalized spacial score (nSPS) is 29.3. The summed E-state index contributed by atoms with van der Waals surface area (Å²) in [6, 6.07) is 0. The van der Waals surface area contributed by atoms with Crippen LogP contribution in [0.15, 0.2) is 6.33 Å². The van der Waals surface area contributed by atoms with E-state index in [1.807, 2.05) is 6.92 Å². The average molecular weight is 313 g/mol. The quantitative estimate of drug-likeness (QED) is 0.575. The third-order valence-corrected chi connectivity index (χ3v) is 4.24. The molecule has 1 aliphatic heterocycles. The van der Waals surface area contributed by atoms with Crippen molar-refractivity contribution < 1.29 is 14.2 Å². The summed E-state index contributed by atoms with van der Waals surface area (Å²) in [5.74, 6) is -0.0451. The summed E-state index contributed by atoms with van der Waals surface area (Å²) < 4.78 is 20.7. The van der Waals surface area contributed by atoms with Crippen molar-refractivity contribution in [2.45, 2.75) is 43.5 Å². The van der Waals surface area contributed by atoms with E-state index in [0.29, 0.717) is 0 Å². The fourth-order valence-electron chi connectivity index (χ4n) is 2.58. The first-order valence-corrected chi connectivity index (χ1v) is 7.21. The van der Waals surface area contributed by atoms with Gasteiger partial charge in [-0.25, -0.2) is 4.98 Å². The molecule has 0 unspecified atom stereocenters. The van der Waals surface area contributed by atoms with Gasteiger partial charge in [0.05, 0.1) is 17.7 Å². The molecule has 0 saturated carbocycles. The van der Waals surface area contributed by atoms with Crippen LogP contribution in [-0.4, -0.2) is 42.1 Å². The molecule has 21 heavy (non-hydrogen) atoms. The van der Waals surface area contributed by atoms with Crippen LogP contribution in [0, 0.1) is 6.08 Å². The van der Waals surface area contributed by atoms with Crippen molar-refractivity contribution in [3.63, 3.8) is 0 Å². The van der Waals surface area contributed by atoms with Crippen molar-refractivity contribution in [2.24, 2.45) is 0 Å². The van der Waals surface area contributed by atoms with Crippen LogP contribution < -0.4 is 5.73 Å². The van der Waals surface area contributed by atoms with Crippen LogP contribution in [-0.2, 0) is 4.74 Å². The Morgan fingerprint density at radius 1 is 1.52 bits per heavy atom. The van der Waals surface area contributed by atoms with Crippen LogP contribution in [0.5, 0.6) is 0 Å². The van der Waals surface area contributed by atoms with Crippen LogP contribution >= 0.6 is 12.6 Å². The topological polar surface area (TPSA) is 99.1 Å². The van der Waals surface area contributed by atoms with Crippen molar-refractivity contribution in [1.82, 2.24) is 19.5 Å². The molecule has 114 valence electrons. The molecule has 4 atom stereocenters. The van der Waals surface area contributed by atoms with E-state index in [9.17, 15) is 9.50 Å². The molecule has 0 aliphatic carbocycles. The van der Waals surface area contributed by atoms with Gasteiger partial charge in [-0.15, -0.1) is 0 Å². The third kappa shape index (κ3) is 2.34. The standard InChI is InChI=1S/C12H16FN5O2S/c1-2-3-5-8(21)7(19)11(20-5)18-4-15-6-9(14)16-12(13)17-10(6)18/h4-5,7-8,11,19,21H,2-3H2,1H3,(H2,14,16,17)/t5-,7-,8-,11-/m1/s1. The Hall–Kier alpha value is -1.45. The smallest absolute Gasteiger partial charge is 0.312 e. The van der Waals surface area contributed by atoms with Gasteiger partial charge < -0.3 is 15.6 Å². The summed E-state index contributed by atoms with van der Waals surface area (Å²) in [6.07, 6.45) is 0.415. The summed E-state index contributed by atoms with van der Waals surface area (Å²) >= 11 is 4.40. The molecular formula is C12H16FN5O2S. The summed E-state index contributed by atoms with van der Waals surface area (Å²) in [5, 5.41) is 9.98. The summed E-state index contributed by atoms with van der Waals surface area (Å²) in [5.41, 5.74) is 6.10. The second-order valence-corrected chi connectivity index (χ2v) is 5.63. The zero-order chi connectivity index (χ0) is 15.1. The predicted molar refractivity (Wildman–Crippen MR) is 77.3 cm³/mol. The van der Waals surface area contributed by atoms with E-state index in [1.54, 1.807) is 0 Å². The minimum atomic E-state index is -0.943. The molecule has 0 bridgehead atoms. The molecule has 7 nitrogen and oxygen atoms in total. The number of aromatic nitrogens is 4. The number of thiol groups is 1. The zero-order valence-electron chi connectivity index (χ0n) is 11.3. The average Bonchev–Trinajstić information content (AvgIpc) is 2.96.